The molecule has 2 nitrogen and oxygen atoms in total. The maximum atomic E-state index is 12.1. The first-order valence-electron chi connectivity index (χ1n) is 5.34. The van der Waals surface area contributed by atoms with E-state index in [2.05, 4.69) is 12.6 Å². The molecule has 0 aliphatic heterocycles. The Kier molecular flexibility index (Phi) is 4.32. The number of halogens is 1. The van der Waals surface area contributed by atoms with Crippen LogP contribution in [0.2, 0.25) is 5.02 Å². The van der Waals surface area contributed by atoms with E-state index in [-0.39, 0.29) is 5.91 Å². The van der Waals surface area contributed by atoms with E-state index in [0.717, 1.165) is 10.5 Å². The van der Waals surface area contributed by atoms with Crippen LogP contribution in [-0.4, -0.2) is 17.9 Å². The first-order chi connectivity index (χ1) is 8.58. The number of carbonyl (C=O) groups excluding carboxylic acids is 1. The van der Waals surface area contributed by atoms with Gasteiger partial charge in [0.25, 0.3) is 5.91 Å². The Hall–Kier alpha value is -0.970. The number of hydrogen-bond donors (Lipinski definition) is 1. The summed E-state index contributed by atoms with van der Waals surface area (Å²) in [5.74, 6) is -0.0137. The van der Waals surface area contributed by atoms with E-state index in [4.69, 9.17) is 11.6 Å². The van der Waals surface area contributed by atoms with Crippen molar-refractivity contribution >= 4 is 41.5 Å². The summed E-state index contributed by atoms with van der Waals surface area (Å²) in [7, 11) is 1.77. The maximum absolute atomic E-state index is 12.1. The third kappa shape index (κ3) is 3.07. The standard InChI is InChI=1S/C13H12ClNOS2/c1-15(7-9-4-2-3-5-11(9)14)13(16)12-6-10(17)8-18-12/h2-6,8,17H,7H2,1H3. The van der Waals surface area contributed by atoms with Gasteiger partial charge in [-0.25, -0.2) is 0 Å². The van der Waals surface area contributed by atoms with Crippen LogP contribution in [0.5, 0.6) is 0 Å². The summed E-state index contributed by atoms with van der Waals surface area (Å²) in [6.07, 6.45) is 0. The number of rotatable bonds is 3. The van der Waals surface area contributed by atoms with Crippen molar-refractivity contribution in [2.75, 3.05) is 7.05 Å². The first-order valence-corrected chi connectivity index (χ1v) is 7.05. The van der Waals surface area contributed by atoms with E-state index in [1.165, 1.54) is 11.3 Å². The number of hydrogen-bond acceptors (Lipinski definition) is 3. The predicted octanol–water partition coefficient (Wildman–Crippen LogP) is 3.96. The Labute approximate surface area is 121 Å². The molecule has 5 heteroatoms. The van der Waals surface area contributed by atoms with Gasteiger partial charge in [-0.05, 0) is 17.7 Å². The minimum atomic E-state index is -0.0137. The Bertz CT molecular complexity index is 568. The molecule has 1 aromatic carbocycles. The predicted molar refractivity (Wildman–Crippen MR) is 78.8 cm³/mol. The lowest BCUT2D eigenvalue weighted by molar-refractivity contribution is 0.0790. The second-order valence-electron chi connectivity index (χ2n) is 3.92. The van der Waals surface area contributed by atoms with Gasteiger partial charge < -0.3 is 4.90 Å². The lowest BCUT2D eigenvalue weighted by Crippen LogP contribution is -2.25. The van der Waals surface area contributed by atoms with Crippen molar-refractivity contribution in [2.24, 2.45) is 0 Å². The number of thiophene rings is 1. The molecule has 0 saturated carbocycles. The highest BCUT2D eigenvalue weighted by molar-refractivity contribution is 7.80. The van der Waals surface area contributed by atoms with Gasteiger partial charge in [0, 0.05) is 28.9 Å². The quantitative estimate of drug-likeness (QED) is 0.850. The Morgan fingerprint density at radius 3 is 2.78 bits per heavy atom. The van der Waals surface area contributed by atoms with E-state index in [1.807, 2.05) is 29.6 Å². The molecule has 0 spiro atoms. The fourth-order valence-corrected chi connectivity index (χ4v) is 2.92. The Morgan fingerprint density at radius 1 is 1.44 bits per heavy atom. The molecule has 94 valence electrons. The smallest absolute Gasteiger partial charge is 0.264 e. The molecule has 0 radical (unpaired) electrons. The Balaban J connectivity index is 2.11. The van der Waals surface area contributed by atoms with Crippen LogP contribution in [0.15, 0.2) is 40.6 Å². The van der Waals surface area contributed by atoms with Gasteiger partial charge >= 0.3 is 0 Å². The highest BCUT2D eigenvalue weighted by Crippen LogP contribution is 2.21. The molecule has 0 atom stereocenters. The zero-order valence-corrected chi connectivity index (χ0v) is 12.2. The lowest BCUT2D eigenvalue weighted by Gasteiger charge is -2.17. The van der Waals surface area contributed by atoms with Crippen LogP contribution in [0.25, 0.3) is 0 Å². The van der Waals surface area contributed by atoms with E-state index in [0.29, 0.717) is 16.4 Å². The molecule has 0 aliphatic carbocycles. The van der Waals surface area contributed by atoms with Crippen LogP contribution in [-0.2, 0) is 6.54 Å². The molecular weight excluding hydrogens is 286 g/mol. The summed E-state index contributed by atoms with van der Waals surface area (Å²) in [6.45, 7) is 0.498. The van der Waals surface area contributed by atoms with Crippen molar-refractivity contribution in [3.63, 3.8) is 0 Å². The third-order valence-electron chi connectivity index (χ3n) is 2.51. The summed E-state index contributed by atoms with van der Waals surface area (Å²) in [4.78, 5) is 15.3. The fraction of sp³-hybridized carbons (Fsp3) is 0.154. The normalized spacial score (nSPS) is 10.4. The van der Waals surface area contributed by atoms with Crippen molar-refractivity contribution in [1.29, 1.82) is 0 Å². The minimum absolute atomic E-state index is 0.0137. The van der Waals surface area contributed by atoms with Crippen LogP contribution in [0.3, 0.4) is 0 Å². The second kappa shape index (κ2) is 5.78. The molecular formula is C13H12ClNOS2. The van der Waals surface area contributed by atoms with Crippen molar-refractivity contribution in [1.82, 2.24) is 4.90 Å². The molecule has 18 heavy (non-hydrogen) atoms. The van der Waals surface area contributed by atoms with Gasteiger partial charge in [0.05, 0.1) is 4.88 Å². The summed E-state index contributed by atoms with van der Waals surface area (Å²) in [5.41, 5.74) is 0.942. The average molecular weight is 298 g/mol. The molecule has 0 unspecified atom stereocenters. The van der Waals surface area contributed by atoms with Crippen LogP contribution in [0, 0.1) is 0 Å². The lowest BCUT2D eigenvalue weighted by atomic mass is 10.2. The molecule has 1 aromatic heterocycles. The monoisotopic (exact) mass is 297 g/mol. The molecule has 2 aromatic rings. The number of thiol groups is 1. The van der Waals surface area contributed by atoms with Gasteiger partial charge in [0.15, 0.2) is 0 Å². The van der Waals surface area contributed by atoms with Crippen LogP contribution in [0.1, 0.15) is 15.2 Å². The summed E-state index contributed by atoms with van der Waals surface area (Å²) in [5, 5.41) is 2.53. The van der Waals surface area contributed by atoms with Crippen molar-refractivity contribution in [3.05, 3.63) is 51.2 Å². The molecule has 0 saturated heterocycles. The second-order valence-corrected chi connectivity index (χ2v) is 5.76. The van der Waals surface area contributed by atoms with Gasteiger partial charge in [-0.15, -0.1) is 24.0 Å². The summed E-state index contributed by atoms with van der Waals surface area (Å²) in [6, 6.07) is 9.31. The molecule has 0 aliphatic rings. The van der Waals surface area contributed by atoms with Crippen LogP contribution < -0.4 is 0 Å². The number of benzene rings is 1. The highest BCUT2D eigenvalue weighted by atomic mass is 35.5. The maximum Gasteiger partial charge on any atom is 0.264 e. The summed E-state index contributed by atoms with van der Waals surface area (Å²) >= 11 is 11.7. The molecule has 0 fully saturated rings. The van der Waals surface area contributed by atoms with Gasteiger partial charge in [0.2, 0.25) is 0 Å². The molecule has 0 bridgehead atoms. The van der Waals surface area contributed by atoms with Gasteiger partial charge in [-0.2, -0.15) is 0 Å². The first kappa shape index (κ1) is 13.5. The van der Waals surface area contributed by atoms with Crippen LogP contribution in [0.4, 0.5) is 0 Å². The van der Waals surface area contributed by atoms with Gasteiger partial charge in [0.1, 0.15) is 0 Å². The van der Waals surface area contributed by atoms with E-state index in [1.54, 1.807) is 18.0 Å². The molecule has 1 amide bonds. The van der Waals surface area contributed by atoms with Crippen molar-refractivity contribution < 1.29 is 4.79 Å². The van der Waals surface area contributed by atoms with E-state index in [9.17, 15) is 4.79 Å². The number of nitrogens with zero attached hydrogens (tertiary/aromatic N) is 1. The SMILES string of the molecule is CN(Cc1ccccc1Cl)C(=O)c1cc(S)cs1. The zero-order valence-electron chi connectivity index (χ0n) is 9.76. The highest BCUT2D eigenvalue weighted by Gasteiger charge is 2.14. The fourth-order valence-electron chi connectivity index (χ4n) is 1.58. The largest absolute Gasteiger partial charge is 0.337 e. The summed E-state index contributed by atoms with van der Waals surface area (Å²) < 4.78 is 0. The van der Waals surface area contributed by atoms with Crippen molar-refractivity contribution in [3.8, 4) is 0 Å². The van der Waals surface area contributed by atoms with Gasteiger partial charge in [-0.1, -0.05) is 29.8 Å². The third-order valence-corrected chi connectivity index (χ3v) is 4.23. The van der Waals surface area contributed by atoms with Crippen molar-refractivity contribution in [2.45, 2.75) is 11.4 Å². The van der Waals surface area contributed by atoms with E-state index >= 15 is 0 Å². The molecule has 2 rings (SSSR count). The molecule has 1 heterocycles. The Morgan fingerprint density at radius 2 is 2.17 bits per heavy atom. The zero-order chi connectivity index (χ0) is 13.1. The number of carbonyl (C=O) groups is 1. The van der Waals surface area contributed by atoms with Gasteiger partial charge in [-0.3, -0.25) is 4.79 Å². The topological polar surface area (TPSA) is 20.3 Å². The molecule has 0 N–H and O–H groups in total. The average Bonchev–Trinajstić information content (AvgIpc) is 2.78. The minimum Gasteiger partial charge on any atom is -0.337 e. The number of amides is 1. The van der Waals surface area contributed by atoms with E-state index < -0.39 is 0 Å². The van der Waals surface area contributed by atoms with Crippen LogP contribution >= 0.6 is 35.6 Å².